The van der Waals surface area contributed by atoms with E-state index < -0.39 is 21.7 Å². The summed E-state index contributed by atoms with van der Waals surface area (Å²) in [5, 5.41) is 2.89. The summed E-state index contributed by atoms with van der Waals surface area (Å²) in [4.78, 5) is 12.0. The van der Waals surface area contributed by atoms with E-state index >= 15 is 0 Å². The van der Waals surface area contributed by atoms with E-state index in [4.69, 9.17) is 16.3 Å². The first-order valence-corrected chi connectivity index (χ1v) is 11.4. The largest absolute Gasteiger partial charge is 0.484 e. The van der Waals surface area contributed by atoms with Crippen molar-refractivity contribution >= 4 is 38.9 Å². The number of hydrogen-bond acceptors (Lipinski definition) is 4. The van der Waals surface area contributed by atoms with Gasteiger partial charge in [-0.25, -0.2) is 12.8 Å². The fraction of sp³-hybridized carbons (Fsp3) is 0.136. The van der Waals surface area contributed by atoms with Crippen molar-refractivity contribution in [3.8, 4) is 5.75 Å². The highest BCUT2D eigenvalue weighted by Gasteiger charge is 2.19. The van der Waals surface area contributed by atoms with Crippen LogP contribution in [0, 0.1) is 5.82 Å². The molecule has 0 spiro atoms. The van der Waals surface area contributed by atoms with Crippen molar-refractivity contribution in [3.05, 3.63) is 89.2 Å². The van der Waals surface area contributed by atoms with E-state index in [1.54, 1.807) is 54.6 Å². The Morgan fingerprint density at radius 3 is 2.32 bits per heavy atom. The first kappa shape index (κ1) is 22.6. The van der Waals surface area contributed by atoms with Gasteiger partial charge in [0.1, 0.15) is 11.6 Å². The lowest BCUT2D eigenvalue weighted by Crippen LogP contribution is -2.29. The number of carbonyl (C=O) groups excluding carboxylic acids is 1. The van der Waals surface area contributed by atoms with E-state index in [1.165, 1.54) is 22.5 Å². The molecule has 9 heteroatoms. The Balaban J connectivity index is 1.66. The topological polar surface area (TPSA) is 75.7 Å². The van der Waals surface area contributed by atoms with Crippen LogP contribution in [0.25, 0.3) is 0 Å². The fourth-order valence-electron chi connectivity index (χ4n) is 2.79. The number of nitrogens with zero attached hydrogens (tertiary/aromatic N) is 1. The van der Waals surface area contributed by atoms with Gasteiger partial charge in [0.15, 0.2) is 6.61 Å². The number of hydrogen-bond donors (Lipinski definition) is 1. The van der Waals surface area contributed by atoms with Gasteiger partial charge >= 0.3 is 0 Å². The molecule has 0 aliphatic carbocycles. The van der Waals surface area contributed by atoms with Crippen LogP contribution in [0.5, 0.6) is 5.75 Å². The highest BCUT2D eigenvalue weighted by atomic mass is 35.5. The molecule has 162 valence electrons. The zero-order valence-electron chi connectivity index (χ0n) is 16.6. The molecule has 0 saturated carbocycles. The van der Waals surface area contributed by atoms with Crippen molar-refractivity contribution in [2.24, 2.45) is 0 Å². The Bertz CT molecular complexity index is 1170. The van der Waals surface area contributed by atoms with Gasteiger partial charge in [-0.15, -0.1) is 0 Å². The van der Waals surface area contributed by atoms with Crippen LogP contribution < -0.4 is 14.4 Å². The highest BCUT2D eigenvalue weighted by Crippen LogP contribution is 2.26. The second-order valence-corrected chi connectivity index (χ2v) is 8.99. The van der Waals surface area contributed by atoms with E-state index in [0.717, 1.165) is 6.26 Å². The third-order valence-electron chi connectivity index (χ3n) is 4.31. The normalized spacial score (nSPS) is 11.1. The van der Waals surface area contributed by atoms with Crippen LogP contribution in [0.3, 0.4) is 0 Å². The molecule has 0 radical (unpaired) electrons. The summed E-state index contributed by atoms with van der Waals surface area (Å²) >= 11 is 6.17. The Morgan fingerprint density at radius 1 is 1.03 bits per heavy atom. The van der Waals surface area contributed by atoms with E-state index in [0.29, 0.717) is 22.0 Å². The first-order chi connectivity index (χ1) is 14.7. The number of anilines is 2. The molecule has 1 amide bonds. The molecule has 0 unspecified atom stereocenters. The number of rotatable bonds is 8. The van der Waals surface area contributed by atoms with E-state index in [1.807, 2.05) is 0 Å². The van der Waals surface area contributed by atoms with Crippen LogP contribution in [-0.4, -0.2) is 27.2 Å². The summed E-state index contributed by atoms with van der Waals surface area (Å²) in [5.41, 5.74) is 1.15. The van der Waals surface area contributed by atoms with Crippen LogP contribution in [0.1, 0.15) is 5.56 Å². The molecule has 0 aliphatic rings. The predicted octanol–water partition coefficient (Wildman–Crippen LogP) is 4.46. The number of nitrogens with one attached hydrogen (secondary N) is 1. The van der Waals surface area contributed by atoms with Crippen molar-refractivity contribution in [3.63, 3.8) is 0 Å². The lowest BCUT2D eigenvalue weighted by molar-refractivity contribution is -0.118. The minimum atomic E-state index is -3.58. The van der Waals surface area contributed by atoms with Crippen molar-refractivity contribution < 1.29 is 22.3 Å². The van der Waals surface area contributed by atoms with Gasteiger partial charge in [0.05, 0.1) is 24.2 Å². The zero-order chi connectivity index (χ0) is 22.4. The SMILES string of the molecule is CS(=O)(=O)N(Cc1ccccc1Cl)c1ccc(OCC(=O)Nc2ccccc2F)cc1. The van der Waals surface area contributed by atoms with Gasteiger partial charge in [0.2, 0.25) is 10.0 Å². The second-order valence-electron chi connectivity index (χ2n) is 6.67. The maximum absolute atomic E-state index is 13.6. The third-order valence-corrected chi connectivity index (χ3v) is 5.82. The molecule has 0 atom stereocenters. The van der Waals surface area contributed by atoms with Gasteiger partial charge in [-0.2, -0.15) is 0 Å². The molecule has 0 aliphatic heterocycles. The second kappa shape index (κ2) is 9.80. The predicted molar refractivity (Wildman–Crippen MR) is 119 cm³/mol. The molecular formula is C22H20ClFN2O4S. The molecule has 1 N–H and O–H groups in total. The minimum absolute atomic E-state index is 0.0646. The Kier molecular flexibility index (Phi) is 7.14. The Hall–Kier alpha value is -3.10. The van der Waals surface area contributed by atoms with Crippen molar-refractivity contribution in [1.29, 1.82) is 0 Å². The zero-order valence-corrected chi connectivity index (χ0v) is 18.2. The number of amides is 1. The summed E-state index contributed by atoms with van der Waals surface area (Å²) in [7, 11) is -3.58. The monoisotopic (exact) mass is 462 g/mol. The molecule has 3 rings (SSSR count). The van der Waals surface area contributed by atoms with Gasteiger partial charge in [0, 0.05) is 5.02 Å². The Morgan fingerprint density at radius 2 is 1.68 bits per heavy atom. The van der Waals surface area contributed by atoms with Gasteiger partial charge in [-0.3, -0.25) is 9.10 Å². The number of benzene rings is 3. The number of halogens is 2. The average molecular weight is 463 g/mol. The summed E-state index contributed by atoms with van der Waals surface area (Å²) in [6.45, 7) is -0.257. The molecule has 3 aromatic rings. The maximum Gasteiger partial charge on any atom is 0.262 e. The fourth-order valence-corrected chi connectivity index (χ4v) is 3.86. The van der Waals surface area contributed by atoms with E-state index in [9.17, 15) is 17.6 Å². The lowest BCUT2D eigenvalue weighted by Gasteiger charge is -2.23. The summed E-state index contributed by atoms with van der Waals surface area (Å²) < 4.78 is 44.9. The quantitative estimate of drug-likeness (QED) is 0.536. The molecule has 0 saturated heterocycles. The Labute approximate surface area is 185 Å². The third kappa shape index (κ3) is 6.19. The van der Waals surface area contributed by atoms with Gasteiger partial charge < -0.3 is 10.1 Å². The van der Waals surface area contributed by atoms with E-state index in [2.05, 4.69) is 5.32 Å². The summed E-state index contributed by atoms with van der Waals surface area (Å²) in [5.74, 6) is -0.705. The standard InChI is InChI=1S/C22H20ClFN2O4S/c1-31(28,29)26(14-16-6-2-3-7-19(16)23)17-10-12-18(13-11-17)30-15-22(27)25-21-9-5-4-8-20(21)24/h2-13H,14-15H2,1H3,(H,25,27). The van der Waals surface area contributed by atoms with E-state index in [-0.39, 0.29) is 18.8 Å². The smallest absolute Gasteiger partial charge is 0.262 e. The first-order valence-electron chi connectivity index (χ1n) is 9.22. The van der Waals surface area contributed by atoms with Crippen LogP contribution in [0.15, 0.2) is 72.8 Å². The molecular weight excluding hydrogens is 443 g/mol. The number of carbonyl (C=O) groups is 1. The van der Waals surface area contributed by atoms with Gasteiger partial charge in [0.25, 0.3) is 5.91 Å². The van der Waals surface area contributed by atoms with Crippen LogP contribution in [0.2, 0.25) is 5.02 Å². The van der Waals surface area contributed by atoms with Gasteiger partial charge in [-0.1, -0.05) is 41.9 Å². The van der Waals surface area contributed by atoms with Crippen LogP contribution >= 0.6 is 11.6 Å². The van der Waals surface area contributed by atoms with Gasteiger partial charge in [-0.05, 0) is 48.0 Å². The number of sulfonamides is 1. The van der Waals surface area contributed by atoms with Crippen LogP contribution in [-0.2, 0) is 21.4 Å². The summed E-state index contributed by atoms with van der Waals surface area (Å²) in [6, 6.07) is 19.1. The maximum atomic E-state index is 13.6. The molecule has 3 aromatic carbocycles. The average Bonchev–Trinajstić information content (AvgIpc) is 2.73. The van der Waals surface area contributed by atoms with Crippen molar-refractivity contribution in [2.45, 2.75) is 6.54 Å². The highest BCUT2D eigenvalue weighted by molar-refractivity contribution is 7.92. The number of para-hydroxylation sites is 1. The number of ether oxygens (including phenoxy) is 1. The lowest BCUT2D eigenvalue weighted by atomic mass is 10.2. The van der Waals surface area contributed by atoms with Crippen LogP contribution in [0.4, 0.5) is 15.8 Å². The molecule has 0 bridgehead atoms. The molecule has 31 heavy (non-hydrogen) atoms. The molecule has 0 fully saturated rings. The van der Waals surface area contributed by atoms with Crippen molar-refractivity contribution in [2.75, 3.05) is 22.5 Å². The molecule has 0 aromatic heterocycles. The minimum Gasteiger partial charge on any atom is -0.484 e. The molecule has 0 heterocycles. The van der Waals surface area contributed by atoms with Crippen molar-refractivity contribution in [1.82, 2.24) is 0 Å². The molecule has 6 nitrogen and oxygen atoms in total. The summed E-state index contributed by atoms with van der Waals surface area (Å²) in [6.07, 6.45) is 1.11.